The molecule has 0 amide bonds. The summed E-state index contributed by atoms with van der Waals surface area (Å²) in [5.74, 6) is -0.930. The fourth-order valence-electron chi connectivity index (χ4n) is 2.13. The first-order valence-electron chi connectivity index (χ1n) is 7.06. The van der Waals surface area contributed by atoms with Crippen LogP contribution in [0.1, 0.15) is 19.4 Å². The van der Waals surface area contributed by atoms with Crippen LogP contribution in [-0.2, 0) is 19.2 Å². The molecule has 2 aromatic carbocycles. The van der Waals surface area contributed by atoms with Gasteiger partial charge in [0, 0.05) is 6.92 Å². The van der Waals surface area contributed by atoms with Crippen molar-refractivity contribution in [1.82, 2.24) is 0 Å². The van der Waals surface area contributed by atoms with Crippen molar-refractivity contribution in [2.75, 3.05) is 13.7 Å². The summed E-state index contributed by atoms with van der Waals surface area (Å²) < 4.78 is 10.2. The molecule has 120 valence electrons. The zero-order valence-electron chi connectivity index (χ0n) is 13.2. The number of ether oxygens (including phenoxy) is 2. The fraction of sp³-hybridized carbons (Fsp3) is 0.235. The van der Waals surface area contributed by atoms with Gasteiger partial charge in [-0.15, -0.1) is 0 Å². The standard InChI is InChI=1S/C17H17NO5/c1-4-22-17(20)16(18-21-3)14-9-12-7-5-6-8-13(12)10-15(14)23-11(2)19/h5-10H,4H2,1-3H3/b18-16-. The predicted octanol–water partition coefficient (Wildman–Crippen LogP) is 2.68. The summed E-state index contributed by atoms with van der Waals surface area (Å²) >= 11 is 0. The summed E-state index contributed by atoms with van der Waals surface area (Å²) in [7, 11) is 1.33. The van der Waals surface area contributed by atoms with Crippen molar-refractivity contribution in [2.45, 2.75) is 13.8 Å². The molecule has 0 aliphatic carbocycles. The number of carbonyl (C=O) groups is 2. The Kier molecular flexibility index (Phi) is 5.30. The van der Waals surface area contributed by atoms with E-state index in [-0.39, 0.29) is 18.1 Å². The number of hydrogen-bond acceptors (Lipinski definition) is 6. The number of nitrogens with zero attached hydrogens (tertiary/aromatic N) is 1. The number of esters is 2. The number of rotatable bonds is 5. The van der Waals surface area contributed by atoms with Crippen LogP contribution in [0.25, 0.3) is 10.8 Å². The zero-order chi connectivity index (χ0) is 16.8. The van der Waals surface area contributed by atoms with Crippen LogP contribution in [0.5, 0.6) is 5.75 Å². The Morgan fingerprint density at radius 3 is 2.35 bits per heavy atom. The van der Waals surface area contributed by atoms with E-state index in [4.69, 9.17) is 14.3 Å². The third kappa shape index (κ3) is 3.85. The van der Waals surface area contributed by atoms with Crippen LogP contribution in [0.2, 0.25) is 0 Å². The van der Waals surface area contributed by atoms with Gasteiger partial charge in [-0.3, -0.25) is 4.79 Å². The minimum absolute atomic E-state index is 0.0589. The van der Waals surface area contributed by atoms with Gasteiger partial charge in [0.25, 0.3) is 0 Å². The van der Waals surface area contributed by atoms with E-state index in [9.17, 15) is 9.59 Å². The third-order valence-electron chi connectivity index (χ3n) is 3.01. The van der Waals surface area contributed by atoms with Crippen LogP contribution in [0.15, 0.2) is 41.6 Å². The molecule has 6 heteroatoms. The second-order valence-electron chi connectivity index (χ2n) is 4.63. The molecule has 23 heavy (non-hydrogen) atoms. The molecule has 0 aliphatic rings. The smallest absolute Gasteiger partial charge is 0.361 e. The summed E-state index contributed by atoms with van der Waals surface area (Å²) in [6.45, 7) is 3.17. The van der Waals surface area contributed by atoms with E-state index in [0.717, 1.165) is 10.8 Å². The van der Waals surface area contributed by atoms with Crippen LogP contribution < -0.4 is 4.74 Å². The maximum Gasteiger partial charge on any atom is 0.361 e. The van der Waals surface area contributed by atoms with E-state index in [1.54, 1.807) is 19.1 Å². The highest BCUT2D eigenvalue weighted by Crippen LogP contribution is 2.27. The van der Waals surface area contributed by atoms with Gasteiger partial charge in [0.15, 0.2) is 5.71 Å². The van der Waals surface area contributed by atoms with Crippen LogP contribution in [0, 0.1) is 0 Å². The highest BCUT2D eigenvalue weighted by atomic mass is 16.6. The lowest BCUT2D eigenvalue weighted by Crippen LogP contribution is -2.20. The van der Waals surface area contributed by atoms with Crippen LogP contribution in [0.3, 0.4) is 0 Å². The summed E-state index contributed by atoms with van der Waals surface area (Å²) in [5, 5.41) is 5.47. The average Bonchev–Trinajstić information content (AvgIpc) is 2.52. The molecule has 2 rings (SSSR count). The Morgan fingerprint density at radius 2 is 1.78 bits per heavy atom. The van der Waals surface area contributed by atoms with Gasteiger partial charge in [0.1, 0.15) is 12.9 Å². The minimum atomic E-state index is -0.655. The lowest BCUT2D eigenvalue weighted by molar-refractivity contribution is -0.135. The van der Waals surface area contributed by atoms with Crippen LogP contribution in [0.4, 0.5) is 0 Å². The Morgan fingerprint density at radius 1 is 1.13 bits per heavy atom. The van der Waals surface area contributed by atoms with E-state index in [0.29, 0.717) is 5.56 Å². The SMILES string of the molecule is CCOC(=O)/C(=N\OC)c1cc2ccccc2cc1OC(C)=O. The van der Waals surface area contributed by atoms with Gasteiger partial charge in [-0.05, 0) is 29.8 Å². The first-order chi connectivity index (χ1) is 11.1. The average molecular weight is 315 g/mol. The van der Waals surface area contributed by atoms with Gasteiger partial charge in [0.05, 0.1) is 12.2 Å². The first kappa shape index (κ1) is 16.5. The van der Waals surface area contributed by atoms with E-state index >= 15 is 0 Å². The highest BCUT2D eigenvalue weighted by Gasteiger charge is 2.22. The molecule has 0 saturated heterocycles. The number of fused-ring (bicyclic) bond motifs is 1. The molecule has 0 aromatic heterocycles. The van der Waals surface area contributed by atoms with E-state index in [1.807, 2.05) is 24.3 Å². The number of carbonyl (C=O) groups excluding carboxylic acids is 2. The van der Waals surface area contributed by atoms with E-state index in [1.165, 1.54) is 14.0 Å². The van der Waals surface area contributed by atoms with E-state index < -0.39 is 11.9 Å². The monoisotopic (exact) mass is 315 g/mol. The normalized spacial score (nSPS) is 11.2. The second kappa shape index (κ2) is 7.40. The van der Waals surface area contributed by atoms with E-state index in [2.05, 4.69) is 5.16 Å². The molecular formula is C17H17NO5. The molecule has 0 saturated carbocycles. The molecule has 0 N–H and O–H groups in total. The molecule has 0 fully saturated rings. The Balaban J connectivity index is 2.64. The topological polar surface area (TPSA) is 74.2 Å². The lowest BCUT2D eigenvalue weighted by Gasteiger charge is -2.12. The van der Waals surface area contributed by atoms with Crippen LogP contribution in [-0.4, -0.2) is 31.4 Å². The molecule has 0 spiro atoms. The molecule has 0 atom stereocenters. The second-order valence-corrected chi connectivity index (χ2v) is 4.63. The fourth-order valence-corrected chi connectivity index (χ4v) is 2.13. The van der Waals surface area contributed by atoms with Crippen molar-refractivity contribution in [1.29, 1.82) is 0 Å². The van der Waals surface area contributed by atoms with Crippen molar-refractivity contribution < 1.29 is 23.9 Å². The molecule has 6 nitrogen and oxygen atoms in total. The van der Waals surface area contributed by atoms with Crippen molar-refractivity contribution in [2.24, 2.45) is 5.16 Å². The van der Waals surface area contributed by atoms with Crippen molar-refractivity contribution >= 4 is 28.4 Å². The molecule has 2 aromatic rings. The lowest BCUT2D eigenvalue weighted by atomic mass is 10.0. The predicted molar refractivity (Wildman–Crippen MR) is 85.4 cm³/mol. The minimum Gasteiger partial charge on any atom is -0.461 e. The summed E-state index contributed by atoms with van der Waals surface area (Å²) in [6, 6.07) is 10.9. The first-order valence-corrected chi connectivity index (χ1v) is 7.06. The van der Waals surface area contributed by atoms with Gasteiger partial charge in [-0.1, -0.05) is 29.4 Å². The molecule has 0 bridgehead atoms. The Labute approximate surface area is 133 Å². The Bertz CT molecular complexity index is 767. The van der Waals surface area contributed by atoms with Crippen molar-refractivity contribution in [3.63, 3.8) is 0 Å². The summed E-state index contributed by atoms with van der Waals surface area (Å²) in [6.07, 6.45) is 0. The zero-order valence-corrected chi connectivity index (χ0v) is 13.2. The molecule has 0 radical (unpaired) electrons. The Hall–Kier alpha value is -2.89. The molecule has 0 heterocycles. The number of benzene rings is 2. The number of hydrogen-bond donors (Lipinski definition) is 0. The van der Waals surface area contributed by atoms with Crippen LogP contribution >= 0.6 is 0 Å². The van der Waals surface area contributed by atoms with Gasteiger partial charge < -0.3 is 14.3 Å². The molecule has 0 unspecified atom stereocenters. The summed E-state index contributed by atoms with van der Waals surface area (Å²) in [4.78, 5) is 28.2. The quantitative estimate of drug-likeness (QED) is 0.367. The highest BCUT2D eigenvalue weighted by molar-refractivity contribution is 6.44. The maximum atomic E-state index is 12.1. The molecule has 0 aliphatic heterocycles. The van der Waals surface area contributed by atoms with Gasteiger partial charge >= 0.3 is 11.9 Å². The van der Waals surface area contributed by atoms with Gasteiger partial charge in [-0.25, -0.2) is 4.79 Å². The maximum absolute atomic E-state index is 12.1. The third-order valence-corrected chi connectivity index (χ3v) is 3.01. The van der Waals surface area contributed by atoms with Crippen molar-refractivity contribution in [3.8, 4) is 5.75 Å². The summed E-state index contributed by atoms with van der Waals surface area (Å²) in [5.41, 5.74) is 0.274. The number of oxime groups is 1. The largest absolute Gasteiger partial charge is 0.461 e. The van der Waals surface area contributed by atoms with Gasteiger partial charge in [0.2, 0.25) is 0 Å². The van der Waals surface area contributed by atoms with Gasteiger partial charge in [-0.2, -0.15) is 0 Å². The van der Waals surface area contributed by atoms with Crippen molar-refractivity contribution in [3.05, 3.63) is 42.0 Å². The molecular weight excluding hydrogens is 298 g/mol.